The third-order valence-electron chi connectivity index (χ3n) is 5.89. The number of methoxy groups -OCH3 is 1. The fourth-order valence-corrected chi connectivity index (χ4v) is 4.39. The van der Waals surface area contributed by atoms with Crippen LogP contribution in [-0.2, 0) is 5.60 Å². The minimum Gasteiger partial charge on any atom is -0.496 e. The van der Waals surface area contributed by atoms with Crippen molar-refractivity contribution in [3.63, 3.8) is 0 Å². The predicted molar refractivity (Wildman–Crippen MR) is 125 cm³/mol. The maximum atomic E-state index is 13.8. The quantitative estimate of drug-likeness (QED) is 0.350. The Kier molecular flexibility index (Phi) is 5.00. The van der Waals surface area contributed by atoms with Gasteiger partial charge in [-0.05, 0) is 35.4 Å². The third kappa shape index (κ3) is 3.17. The molecule has 4 aromatic carbocycles. The van der Waals surface area contributed by atoms with Gasteiger partial charge < -0.3 is 14.8 Å². The van der Waals surface area contributed by atoms with Gasteiger partial charge in [0, 0.05) is 22.0 Å². The second kappa shape index (κ2) is 7.98. The van der Waals surface area contributed by atoms with E-state index in [1.165, 1.54) is 12.1 Å². The Morgan fingerprint density at radius 3 is 2.19 bits per heavy atom. The summed E-state index contributed by atoms with van der Waals surface area (Å²) in [4.78, 5) is 3.47. The van der Waals surface area contributed by atoms with Crippen molar-refractivity contribution in [2.24, 2.45) is 0 Å². The van der Waals surface area contributed by atoms with Gasteiger partial charge in [0.2, 0.25) is 0 Å². The molecule has 0 bridgehead atoms. The zero-order valence-corrected chi connectivity index (χ0v) is 17.5. The lowest BCUT2D eigenvalue weighted by molar-refractivity contribution is 0.118. The zero-order valence-electron chi connectivity index (χ0n) is 17.5. The van der Waals surface area contributed by atoms with Crippen molar-refractivity contribution in [1.82, 2.24) is 4.98 Å². The molecule has 3 nitrogen and oxygen atoms in total. The number of hydrogen-bond acceptors (Lipinski definition) is 2. The summed E-state index contributed by atoms with van der Waals surface area (Å²) < 4.78 is 19.5. The summed E-state index contributed by atoms with van der Waals surface area (Å²) in [5.41, 5.74) is 2.84. The Bertz CT molecular complexity index is 1380. The Morgan fingerprint density at radius 2 is 1.44 bits per heavy atom. The average Bonchev–Trinajstić information content (AvgIpc) is 3.25. The van der Waals surface area contributed by atoms with E-state index in [4.69, 9.17) is 4.74 Å². The molecular weight excluding hydrogens is 401 g/mol. The topological polar surface area (TPSA) is 45.2 Å². The molecule has 5 rings (SSSR count). The standard InChI is InChI=1S/C28H22FNO2/c1-32-25-14-8-6-12-23(25)28(31,20-15-17-21(29)18-16-20)27-26(19-9-3-2-4-10-19)22-11-5-7-13-24(22)30-27/h2-18,30-31H,1H3. The van der Waals surface area contributed by atoms with Crippen LogP contribution in [0.5, 0.6) is 5.75 Å². The highest BCUT2D eigenvalue weighted by atomic mass is 19.1. The number of ether oxygens (including phenoxy) is 1. The van der Waals surface area contributed by atoms with Gasteiger partial charge in [0.05, 0.1) is 12.8 Å². The van der Waals surface area contributed by atoms with Crippen LogP contribution in [0, 0.1) is 5.82 Å². The highest BCUT2D eigenvalue weighted by Gasteiger charge is 2.40. The Morgan fingerprint density at radius 1 is 0.781 bits per heavy atom. The summed E-state index contributed by atoms with van der Waals surface area (Å²) in [6.07, 6.45) is 0. The molecule has 0 spiro atoms. The van der Waals surface area contributed by atoms with E-state index < -0.39 is 5.60 Å². The van der Waals surface area contributed by atoms with Crippen LogP contribution in [0.25, 0.3) is 22.0 Å². The average molecular weight is 423 g/mol. The highest BCUT2D eigenvalue weighted by Crippen LogP contribution is 2.46. The summed E-state index contributed by atoms with van der Waals surface area (Å²) in [5, 5.41) is 13.5. The second-order valence-corrected chi connectivity index (χ2v) is 7.70. The van der Waals surface area contributed by atoms with E-state index in [0.29, 0.717) is 22.6 Å². The molecule has 0 amide bonds. The van der Waals surface area contributed by atoms with Crippen LogP contribution < -0.4 is 4.74 Å². The van der Waals surface area contributed by atoms with Gasteiger partial charge in [0.1, 0.15) is 11.6 Å². The molecule has 1 heterocycles. The van der Waals surface area contributed by atoms with Crippen molar-refractivity contribution < 1.29 is 14.2 Å². The number of nitrogens with one attached hydrogen (secondary N) is 1. The molecule has 0 fully saturated rings. The lowest BCUT2D eigenvalue weighted by Crippen LogP contribution is -2.30. The Balaban J connectivity index is 1.91. The molecule has 0 aliphatic rings. The van der Waals surface area contributed by atoms with Crippen LogP contribution in [0.4, 0.5) is 4.39 Å². The molecular formula is C28H22FNO2. The molecule has 0 saturated heterocycles. The van der Waals surface area contributed by atoms with E-state index in [0.717, 1.165) is 22.0 Å². The van der Waals surface area contributed by atoms with E-state index in [-0.39, 0.29) is 5.82 Å². The molecule has 0 aliphatic heterocycles. The fourth-order valence-electron chi connectivity index (χ4n) is 4.39. The van der Waals surface area contributed by atoms with Crippen molar-refractivity contribution in [3.8, 4) is 16.9 Å². The van der Waals surface area contributed by atoms with Gasteiger partial charge in [-0.2, -0.15) is 0 Å². The molecule has 0 radical (unpaired) electrons. The van der Waals surface area contributed by atoms with Gasteiger partial charge in [-0.25, -0.2) is 4.39 Å². The van der Waals surface area contributed by atoms with E-state index in [2.05, 4.69) is 4.98 Å². The van der Waals surface area contributed by atoms with Crippen molar-refractivity contribution >= 4 is 10.9 Å². The molecule has 158 valence electrons. The minimum absolute atomic E-state index is 0.365. The van der Waals surface area contributed by atoms with Crippen LogP contribution in [0.15, 0.2) is 103 Å². The summed E-state index contributed by atoms with van der Waals surface area (Å²) in [6, 6.07) is 31.2. The minimum atomic E-state index is -1.62. The number of rotatable bonds is 5. The summed E-state index contributed by atoms with van der Waals surface area (Å²) in [7, 11) is 1.58. The van der Waals surface area contributed by atoms with E-state index in [1.54, 1.807) is 19.2 Å². The second-order valence-electron chi connectivity index (χ2n) is 7.70. The van der Waals surface area contributed by atoms with Crippen LogP contribution in [0.1, 0.15) is 16.8 Å². The molecule has 1 atom stereocenters. The first-order chi connectivity index (χ1) is 15.6. The largest absolute Gasteiger partial charge is 0.496 e. The van der Waals surface area contributed by atoms with Crippen LogP contribution in [-0.4, -0.2) is 17.2 Å². The van der Waals surface area contributed by atoms with Gasteiger partial charge in [-0.15, -0.1) is 0 Å². The van der Waals surface area contributed by atoms with Crippen LogP contribution >= 0.6 is 0 Å². The first-order valence-corrected chi connectivity index (χ1v) is 10.4. The number of benzene rings is 4. The number of fused-ring (bicyclic) bond motifs is 1. The van der Waals surface area contributed by atoms with Crippen molar-refractivity contribution in [2.45, 2.75) is 5.60 Å². The van der Waals surface area contributed by atoms with Crippen LogP contribution in [0.3, 0.4) is 0 Å². The predicted octanol–water partition coefficient (Wildman–Crippen LogP) is 6.27. The van der Waals surface area contributed by atoms with Gasteiger partial charge in [-0.1, -0.05) is 78.9 Å². The molecule has 4 heteroatoms. The summed E-state index contributed by atoms with van der Waals surface area (Å²) >= 11 is 0. The van der Waals surface area contributed by atoms with E-state index in [9.17, 15) is 9.50 Å². The van der Waals surface area contributed by atoms with Gasteiger partial charge in [-0.3, -0.25) is 0 Å². The fraction of sp³-hybridized carbons (Fsp3) is 0.0714. The van der Waals surface area contributed by atoms with Crippen molar-refractivity contribution in [1.29, 1.82) is 0 Å². The molecule has 2 N–H and O–H groups in total. The lowest BCUT2D eigenvalue weighted by Gasteiger charge is -2.31. The lowest BCUT2D eigenvalue weighted by atomic mass is 9.80. The number of H-pyrrole nitrogens is 1. The number of aliphatic hydroxyl groups is 1. The van der Waals surface area contributed by atoms with Gasteiger partial charge >= 0.3 is 0 Å². The number of para-hydroxylation sites is 2. The monoisotopic (exact) mass is 423 g/mol. The highest BCUT2D eigenvalue weighted by molar-refractivity contribution is 5.98. The smallest absolute Gasteiger partial charge is 0.159 e. The van der Waals surface area contributed by atoms with Gasteiger partial charge in [0.15, 0.2) is 5.60 Å². The molecule has 32 heavy (non-hydrogen) atoms. The molecule has 0 aliphatic carbocycles. The number of aromatic nitrogens is 1. The van der Waals surface area contributed by atoms with Crippen molar-refractivity contribution in [2.75, 3.05) is 7.11 Å². The molecule has 1 aromatic heterocycles. The molecule has 1 unspecified atom stereocenters. The molecule has 5 aromatic rings. The number of hydrogen-bond donors (Lipinski definition) is 2. The first-order valence-electron chi connectivity index (χ1n) is 10.4. The molecule has 0 saturated carbocycles. The first kappa shape index (κ1) is 20.0. The van der Waals surface area contributed by atoms with Crippen molar-refractivity contribution in [3.05, 3.63) is 126 Å². The SMILES string of the molecule is COc1ccccc1C(O)(c1ccc(F)cc1)c1[nH]c2ccccc2c1-c1ccccc1. The van der Waals surface area contributed by atoms with Gasteiger partial charge in [0.25, 0.3) is 0 Å². The normalized spacial score (nSPS) is 13.1. The third-order valence-corrected chi connectivity index (χ3v) is 5.89. The van der Waals surface area contributed by atoms with E-state index in [1.807, 2.05) is 78.9 Å². The van der Waals surface area contributed by atoms with E-state index >= 15 is 0 Å². The Hall–Kier alpha value is -3.89. The number of aromatic amines is 1. The number of halogens is 1. The van der Waals surface area contributed by atoms with Crippen LogP contribution in [0.2, 0.25) is 0 Å². The maximum absolute atomic E-state index is 13.8. The zero-order chi connectivity index (χ0) is 22.1. The summed E-state index contributed by atoms with van der Waals surface area (Å²) in [5.74, 6) is 0.174. The Labute approximate surface area is 185 Å². The summed E-state index contributed by atoms with van der Waals surface area (Å²) in [6.45, 7) is 0. The maximum Gasteiger partial charge on any atom is 0.159 e.